The van der Waals surface area contributed by atoms with Crippen LogP contribution in [0.4, 0.5) is 18.9 Å². The fourth-order valence-electron chi connectivity index (χ4n) is 3.65. The molecule has 1 aromatic carbocycles. The molecular formula is C20H22ClF3N4O4. The Morgan fingerprint density at radius 3 is 2.72 bits per heavy atom. The van der Waals surface area contributed by atoms with Crippen LogP contribution in [0.1, 0.15) is 18.7 Å². The largest absolute Gasteiger partial charge is 0.495 e. The lowest BCUT2D eigenvalue weighted by atomic mass is 9.97. The number of nitrogens with zero attached hydrogens (tertiary/aromatic N) is 3. The van der Waals surface area contributed by atoms with Crippen LogP contribution >= 0.6 is 11.6 Å². The summed E-state index contributed by atoms with van der Waals surface area (Å²) in [6.45, 7) is -0.447. The van der Waals surface area contributed by atoms with Crippen molar-refractivity contribution in [3.63, 3.8) is 0 Å². The molecule has 0 saturated carbocycles. The zero-order valence-electron chi connectivity index (χ0n) is 17.3. The number of aromatic nitrogens is 2. The normalized spacial score (nSPS) is 18.5. The zero-order chi connectivity index (χ0) is 23.7. The molecule has 0 radical (unpaired) electrons. The first-order valence-corrected chi connectivity index (χ1v) is 10.0. The minimum absolute atomic E-state index is 0.0181. The van der Waals surface area contributed by atoms with E-state index in [1.54, 1.807) is 12.1 Å². The van der Waals surface area contributed by atoms with Crippen molar-refractivity contribution < 1.29 is 32.6 Å². The second kappa shape index (κ2) is 8.99. The number of aryl methyl sites for hydroxylation is 1. The number of anilines is 1. The number of hydrogen-bond donors (Lipinski definition) is 2. The van der Waals surface area contributed by atoms with E-state index in [2.05, 4.69) is 10.3 Å². The summed E-state index contributed by atoms with van der Waals surface area (Å²) < 4.78 is 47.0. The lowest BCUT2D eigenvalue weighted by molar-refractivity contribution is -0.272. The van der Waals surface area contributed by atoms with Crippen LogP contribution in [-0.2, 0) is 22.2 Å². The van der Waals surface area contributed by atoms with E-state index >= 15 is 0 Å². The van der Waals surface area contributed by atoms with Gasteiger partial charge < -0.3 is 24.6 Å². The lowest BCUT2D eigenvalue weighted by Gasteiger charge is -2.30. The summed E-state index contributed by atoms with van der Waals surface area (Å²) >= 11 is 6.01. The third kappa shape index (κ3) is 4.53. The number of ether oxygens (including phenoxy) is 1. The van der Waals surface area contributed by atoms with Crippen molar-refractivity contribution >= 4 is 29.1 Å². The highest BCUT2D eigenvalue weighted by molar-refractivity contribution is 6.31. The van der Waals surface area contributed by atoms with E-state index in [4.69, 9.17) is 16.3 Å². The van der Waals surface area contributed by atoms with Crippen LogP contribution in [0.25, 0.3) is 0 Å². The molecule has 2 amide bonds. The first-order chi connectivity index (χ1) is 15.0. The predicted octanol–water partition coefficient (Wildman–Crippen LogP) is 2.39. The van der Waals surface area contributed by atoms with Crippen LogP contribution in [0.15, 0.2) is 30.6 Å². The first-order valence-electron chi connectivity index (χ1n) is 9.66. The molecule has 0 bridgehead atoms. The SMILES string of the molecule is COc1ccc(Cl)cc1N1CC(C(=O)NCCC(O)(c2nccn2C)C(F)(F)F)CC1=O. The Kier molecular flexibility index (Phi) is 6.70. The third-order valence-electron chi connectivity index (χ3n) is 5.37. The van der Waals surface area contributed by atoms with Gasteiger partial charge in [-0.05, 0) is 18.2 Å². The molecule has 0 aliphatic carbocycles. The van der Waals surface area contributed by atoms with Crippen molar-refractivity contribution in [2.24, 2.45) is 13.0 Å². The molecule has 2 unspecified atom stereocenters. The summed E-state index contributed by atoms with van der Waals surface area (Å²) in [7, 11) is 2.77. The minimum Gasteiger partial charge on any atom is -0.495 e. The Hall–Kier alpha value is -2.79. The Bertz CT molecular complexity index is 1010. The number of halogens is 4. The first kappa shape index (κ1) is 23.9. The quantitative estimate of drug-likeness (QED) is 0.642. The monoisotopic (exact) mass is 474 g/mol. The number of aliphatic hydroxyl groups is 1. The van der Waals surface area contributed by atoms with E-state index in [0.29, 0.717) is 16.5 Å². The minimum atomic E-state index is -5.00. The van der Waals surface area contributed by atoms with E-state index in [1.807, 2.05) is 0 Å². The Morgan fingerprint density at radius 2 is 2.12 bits per heavy atom. The predicted molar refractivity (Wildman–Crippen MR) is 109 cm³/mol. The average molecular weight is 475 g/mol. The number of benzene rings is 1. The molecule has 8 nitrogen and oxygen atoms in total. The molecule has 174 valence electrons. The number of methoxy groups -OCH3 is 1. The number of nitrogens with one attached hydrogen (secondary N) is 1. The molecule has 2 aromatic rings. The standard InChI is InChI=1S/C20H22ClF3N4O4/c1-27-8-7-26-18(27)19(31,20(22,23)24)5-6-25-17(30)12-9-16(29)28(11-12)14-10-13(21)3-4-15(14)32-2/h3-4,7-8,10,12,31H,5-6,9,11H2,1-2H3,(H,25,30). The highest BCUT2D eigenvalue weighted by atomic mass is 35.5. The van der Waals surface area contributed by atoms with Gasteiger partial charge >= 0.3 is 6.18 Å². The van der Waals surface area contributed by atoms with Crippen LogP contribution in [0.2, 0.25) is 5.02 Å². The fourth-order valence-corrected chi connectivity index (χ4v) is 3.81. The van der Waals surface area contributed by atoms with Gasteiger partial charge in [0.15, 0.2) is 0 Å². The molecule has 1 fully saturated rings. The third-order valence-corrected chi connectivity index (χ3v) is 5.61. The lowest BCUT2D eigenvalue weighted by Crippen LogP contribution is -2.47. The van der Waals surface area contributed by atoms with Crippen molar-refractivity contribution in [2.75, 3.05) is 25.1 Å². The molecule has 1 aliphatic heterocycles. The topological polar surface area (TPSA) is 96.7 Å². The van der Waals surface area contributed by atoms with E-state index in [9.17, 15) is 27.9 Å². The van der Waals surface area contributed by atoms with Crippen molar-refractivity contribution in [3.05, 3.63) is 41.4 Å². The summed E-state index contributed by atoms with van der Waals surface area (Å²) in [5.41, 5.74) is -2.83. The molecule has 1 saturated heterocycles. The van der Waals surface area contributed by atoms with Crippen LogP contribution in [-0.4, -0.2) is 52.8 Å². The molecular weight excluding hydrogens is 453 g/mol. The molecule has 1 aromatic heterocycles. The summed E-state index contributed by atoms with van der Waals surface area (Å²) in [5, 5.41) is 13.1. The van der Waals surface area contributed by atoms with Gasteiger partial charge in [-0.3, -0.25) is 9.59 Å². The van der Waals surface area contributed by atoms with Crippen molar-refractivity contribution in [2.45, 2.75) is 24.6 Å². The number of alkyl halides is 3. The van der Waals surface area contributed by atoms with E-state index in [-0.39, 0.29) is 18.9 Å². The van der Waals surface area contributed by atoms with Gasteiger partial charge in [-0.25, -0.2) is 4.98 Å². The zero-order valence-corrected chi connectivity index (χ0v) is 18.1. The second-order valence-corrected chi connectivity index (χ2v) is 7.92. The molecule has 2 N–H and O–H groups in total. The maximum Gasteiger partial charge on any atom is 0.424 e. The molecule has 1 aliphatic rings. The van der Waals surface area contributed by atoms with Crippen LogP contribution in [0.5, 0.6) is 5.75 Å². The molecule has 2 atom stereocenters. The summed E-state index contributed by atoms with van der Waals surface area (Å²) in [6, 6.07) is 4.72. The number of imidazole rings is 1. The summed E-state index contributed by atoms with van der Waals surface area (Å²) in [4.78, 5) is 30.0. The van der Waals surface area contributed by atoms with Gasteiger partial charge in [0.1, 0.15) is 11.6 Å². The average Bonchev–Trinajstić information content (AvgIpc) is 3.32. The highest BCUT2D eigenvalue weighted by Gasteiger charge is 2.57. The van der Waals surface area contributed by atoms with Gasteiger partial charge in [-0.15, -0.1) is 0 Å². The molecule has 2 heterocycles. The fraction of sp³-hybridized carbons (Fsp3) is 0.450. The van der Waals surface area contributed by atoms with Crippen molar-refractivity contribution in [1.82, 2.24) is 14.9 Å². The molecule has 32 heavy (non-hydrogen) atoms. The Morgan fingerprint density at radius 1 is 1.41 bits per heavy atom. The number of carbonyl (C=O) groups excluding carboxylic acids is 2. The van der Waals surface area contributed by atoms with Gasteiger partial charge in [0.2, 0.25) is 17.4 Å². The summed E-state index contributed by atoms with van der Waals surface area (Å²) in [6.07, 6.45) is -3.52. The number of carbonyl (C=O) groups is 2. The highest BCUT2D eigenvalue weighted by Crippen LogP contribution is 2.40. The van der Waals surface area contributed by atoms with E-state index in [1.165, 1.54) is 31.3 Å². The van der Waals surface area contributed by atoms with E-state index in [0.717, 1.165) is 10.8 Å². The van der Waals surface area contributed by atoms with E-state index < -0.39 is 42.4 Å². The van der Waals surface area contributed by atoms with Gasteiger partial charge in [-0.1, -0.05) is 11.6 Å². The second-order valence-electron chi connectivity index (χ2n) is 7.48. The number of rotatable bonds is 7. The smallest absolute Gasteiger partial charge is 0.424 e. The van der Waals surface area contributed by atoms with Gasteiger partial charge in [-0.2, -0.15) is 13.2 Å². The number of amides is 2. The van der Waals surface area contributed by atoms with Gasteiger partial charge in [0.05, 0.1) is 18.7 Å². The van der Waals surface area contributed by atoms with Crippen molar-refractivity contribution in [1.29, 1.82) is 0 Å². The maximum atomic E-state index is 13.6. The summed E-state index contributed by atoms with van der Waals surface area (Å²) in [5.74, 6) is -1.89. The molecule has 3 rings (SSSR count). The molecule has 0 spiro atoms. The van der Waals surface area contributed by atoms with Gasteiger partial charge in [0.25, 0.3) is 0 Å². The Labute approximate surface area is 186 Å². The van der Waals surface area contributed by atoms with Crippen LogP contribution in [0.3, 0.4) is 0 Å². The van der Waals surface area contributed by atoms with Gasteiger partial charge in [0, 0.05) is 50.4 Å². The van der Waals surface area contributed by atoms with Crippen molar-refractivity contribution in [3.8, 4) is 5.75 Å². The van der Waals surface area contributed by atoms with Crippen LogP contribution in [0, 0.1) is 5.92 Å². The van der Waals surface area contributed by atoms with Crippen LogP contribution < -0.4 is 15.0 Å². The maximum absolute atomic E-state index is 13.6. The molecule has 12 heteroatoms. The Balaban J connectivity index is 1.66. The number of hydrogen-bond acceptors (Lipinski definition) is 5.